The van der Waals surface area contributed by atoms with Crippen molar-refractivity contribution in [1.29, 1.82) is 0 Å². The van der Waals surface area contributed by atoms with Gasteiger partial charge >= 0.3 is 49.0 Å². The van der Waals surface area contributed by atoms with E-state index in [1.54, 1.807) is 0 Å². The number of imide groups is 2. The average molecular weight is 1880 g/mol. The quantitative estimate of drug-likeness (QED) is 0.00884. The first-order chi connectivity index (χ1) is 59.0. The molecular formula is C101H176BrClLiN7O17. The molecule has 732 valence electrons. The van der Waals surface area contributed by atoms with Gasteiger partial charge in [-0.05, 0) is 216 Å². The van der Waals surface area contributed by atoms with Crippen molar-refractivity contribution in [1.82, 2.24) is 9.80 Å². The van der Waals surface area contributed by atoms with Gasteiger partial charge in [-0.1, -0.05) is 311 Å². The summed E-state index contributed by atoms with van der Waals surface area (Å²) in [5.41, 5.74) is 16.4. The molecule has 6 N–H and O–H groups in total. The first kappa shape index (κ1) is 134. The van der Waals surface area contributed by atoms with Crippen LogP contribution < -0.4 is 29.7 Å². The second-order valence-electron chi connectivity index (χ2n) is 36.7. The molecule has 2 saturated heterocycles. The maximum absolute atomic E-state index is 12.7. The summed E-state index contributed by atoms with van der Waals surface area (Å²) in [4.78, 5) is 109. The van der Waals surface area contributed by atoms with Crippen LogP contribution in [0.2, 0.25) is 0 Å². The number of amides is 4. The first-order valence-corrected chi connectivity index (χ1v) is 47.8. The molecule has 3 heterocycles. The van der Waals surface area contributed by atoms with Gasteiger partial charge < -0.3 is 45.5 Å². The predicted octanol–water partition coefficient (Wildman–Crippen LogP) is 23.0. The second kappa shape index (κ2) is 81.0. The van der Waals surface area contributed by atoms with Gasteiger partial charge in [-0.2, -0.15) is 0 Å². The molecule has 3 aromatic carbocycles. The number of Topliss-reactive ketones (excluding diaryl/α,β-unsaturated/α-hetero) is 1. The van der Waals surface area contributed by atoms with E-state index in [4.69, 9.17) is 57.5 Å². The number of cyclic esters (lactones) is 2. The van der Waals surface area contributed by atoms with E-state index in [9.17, 15) is 48.3 Å². The molecule has 128 heavy (non-hydrogen) atoms. The number of azide groups is 1. The van der Waals surface area contributed by atoms with Crippen LogP contribution in [0.1, 0.15) is 358 Å². The van der Waals surface area contributed by atoms with E-state index in [-0.39, 0.29) is 110 Å². The zero-order valence-corrected chi connectivity index (χ0v) is 86.0. The van der Waals surface area contributed by atoms with E-state index in [1.165, 1.54) is 36.0 Å². The van der Waals surface area contributed by atoms with Crippen LogP contribution in [0.4, 0.5) is 9.59 Å². The van der Waals surface area contributed by atoms with E-state index in [0.29, 0.717) is 97.6 Å². The number of carbonyl (C=O) groups is 9. The molecule has 27 heteroatoms. The number of aliphatic hydroxyl groups is 1. The number of ether oxygens (including phenoxy) is 3. The Morgan fingerprint density at radius 1 is 0.508 bits per heavy atom. The Kier molecular flexibility index (Phi) is 84.9. The topological polar surface area (TPSA) is 379 Å². The van der Waals surface area contributed by atoms with Gasteiger partial charge in [0.1, 0.15) is 24.1 Å². The molecule has 3 aromatic rings. The smallest absolute Gasteiger partial charge is 0.590 e. The minimum atomic E-state index is -0.749. The van der Waals surface area contributed by atoms with Crippen LogP contribution in [0.25, 0.3) is 10.4 Å². The molecule has 3 aliphatic rings. The summed E-state index contributed by atoms with van der Waals surface area (Å²) < 4.78 is 15.9. The van der Waals surface area contributed by atoms with Gasteiger partial charge in [0, 0.05) is 49.7 Å². The third-order valence-electron chi connectivity index (χ3n) is 20.6. The Hall–Kier alpha value is -6.84. The molecule has 4 amide bonds. The summed E-state index contributed by atoms with van der Waals surface area (Å²) in [5, 5.41) is 48.7. The summed E-state index contributed by atoms with van der Waals surface area (Å²) in [5.74, 6) is 5.07. The van der Waals surface area contributed by atoms with Crippen molar-refractivity contribution < 1.29 is 102 Å². The third-order valence-corrected chi connectivity index (χ3v) is 21.5. The standard InChI is InChI=1S/C18H25NO3.C16H21NO3.C10H11NO2.C9H20.C8H17N3.C8H17NO2.C8H16O2.C8H18O.C6H11ClO.C6H12O2.C3H5BrO.CH4.Li/c1-5-14(11-12(2)3)17(20)19-13(4)16(22-18(19)21)15-9-7-6-8-10-15;1-11(2)9-10-14(18)17-12(3)15(20-16(17)19)13-7-5-4-6-8-13;1-7-9(13-10(12)11-7)8-5-3-2-4-6-8;1-5-9(6-2)7-8(3)4;1-4-8(5-7(2)3)6-10-11-9;1-6(2)3-7(5-9)4-8(10)11;1-4-7(8(9)10)5-6(2)3;1-4-8(6-9)5-7(2)3;2*1-5(2)3-4-6(7)8;1-3(5)2-4;;/h6-10,12-14,16H,5,11H2,1-4H3;4-8,11-12,15H,9-10H2,1-3H3;2-7,9H,1H3,(H,11,12);8-9H,5-7H2,1-4H3;7-8H,4-6H2,1-3H3;6-7H,3-5,9H2,1-2H3,(H,10,11);6-7H,4-5H2,1-3H3,(H,9,10);7-9H,4-6H2,1-3H3;5H,3-4H2,1-2H3;5H,3-4H2,1-2H3,(H,7,8);2H2,1H3;1H4;/q;;;;;;;;;;;;+1/p-1/t13?,14-,16?;;;;8-;2*7-;8-;;;;;/m1...1011...../s1. The van der Waals surface area contributed by atoms with Gasteiger partial charge in [0.25, 0.3) is 0 Å². The molecule has 2 fully saturated rings. The third kappa shape index (κ3) is 70.0. The van der Waals surface area contributed by atoms with Crippen LogP contribution in [-0.2, 0) is 47.8 Å². The molecule has 11 atom stereocenters. The largest absolute Gasteiger partial charge is 1.00 e. The number of aliphatic carboxylic acids is 3. The minimum absolute atomic E-state index is 0. The number of carbonyl (C=O) groups excluding carboxylic acids is 6. The molecule has 0 aliphatic carbocycles. The molecule has 3 aliphatic heterocycles. The molecule has 6 unspecified atom stereocenters. The number of hydrogen-bond acceptors (Lipinski definition) is 17. The van der Waals surface area contributed by atoms with Crippen molar-refractivity contribution in [2.75, 3.05) is 25.0 Å². The number of aliphatic imine (C=N–C) groups is 1. The molecule has 0 saturated carbocycles. The number of alkyl halides is 1. The Morgan fingerprint density at radius 2 is 0.852 bits per heavy atom. The van der Waals surface area contributed by atoms with Crippen molar-refractivity contribution in [3.05, 3.63) is 118 Å². The number of ketones is 1. The van der Waals surface area contributed by atoms with Gasteiger partial charge in [-0.3, -0.25) is 38.6 Å². The van der Waals surface area contributed by atoms with Crippen LogP contribution >= 0.6 is 27.5 Å². The maximum Gasteiger partial charge on any atom is 1.00 e. The van der Waals surface area contributed by atoms with E-state index in [1.807, 2.05) is 153 Å². The summed E-state index contributed by atoms with van der Waals surface area (Å²) >= 11 is 8.05. The van der Waals surface area contributed by atoms with E-state index in [0.717, 1.165) is 111 Å². The van der Waals surface area contributed by atoms with Crippen LogP contribution in [0.15, 0.2) is 101 Å². The fourth-order valence-electron chi connectivity index (χ4n) is 13.4. The van der Waals surface area contributed by atoms with E-state index in [2.05, 4.69) is 156 Å². The van der Waals surface area contributed by atoms with E-state index >= 15 is 0 Å². The summed E-state index contributed by atoms with van der Waals surface area (Å²) in [6, 6.07) is 28.2. The number of aliphatic hydroxyl groups excluding tert-OH is 1. The Bertz CT molecular complexity index is 3360. The van der Waals surface area contributed by atoms with Crippen molar-refractivity contribution in [3.8, 4) is 0 Å². The summed E-state index contributed by atoms with van der Waals surface area (Å²) in [6.45, 7) is 59.5. The van der Waals surface area contributed by atoms with E-state index < -0.39 is 36.2 Å². The monoisotopic (exact) mass is 1880 g/mol. The molecule has 24 nitrogen and oxygen atoms in total. The second-order valence-corrected chi connectivity index (χ2v) is 37.7. The number of rotatable bonds is 39. The summed E-state index contributed by atoms with van der Waals surface area (Å²) in [6.07, 6.45) is 14.1. The van der Waals surface area contributed by atoms with Crippen molar-refractivity contribution in [2.24, 2.45) is 105 Å². The van der Waals surface area contributed by atoms with Gasteiger partial charge in [-0.15, -0.1) is 0 Å². The molecule has 0 bridgehead atoms. The predicted molar refractivity (Wildman–Crippen MR) is 522 cm³/mol. The first-order valence-electron chi connectivity index (χ1n) is 46.3. The fraction of sp³-hybridized carbons (Fsp3) is 0.723. The zero-order chi connectivity index (χ0) is 97.9. The summed E-state index contributed by atoms with van der Waals surface area (Å²) in [7, 11) is 0. The van der Waals surface area contributed by atoms with Crippen molar-refractivity contribution >= 4 is 86.5 Å². The number of carboxylic acids is 3. The van der Waals surface area contributed by atoms with Crippen molar-refractivity contribution in [2.45, 2.75) is 360 Å². The Labute approximate surface area is 800 Å². The van der Waals surface area contributed by atoms with Gasteiger partial charge in [-0.25, -0.2) is 19.4 Å². The Morgan fingerprint density at radius 3 is 1.12 bits per heavy atom. The number of halogens is 2. The normalized spacial score (nSPS) is 16.8. The number of benzene rings is 3. The van der Waals surface area contributed by atoms with Crippen LogP contribution in [0, 0.1) is 88.8 Å². The zero-order valence-electron chi connectivity index (χ0n) is 83.7. The Balaban J connectivity index is -0.000000257. The minimum Gasteiger partial charge on any atom is -0.590 e. The number of nitrogens with two attached hydrogens (primary N) is 1. The van der Waals surface area contributed by atoms with Gasteiger partial charge in [0.05, 0.1) is 35.5 Å². The molecule has 0 aromatic heterocycles. The molecular weight excluding hydrogens is 1710 g/mol. The number of hydrogen-bond donors (Lipinski definition) is 5. The maximum atomic E-state index is 12.7. The number of nitrogens with zero attached hydrogens (tertiary/aromatic N) is 6. The van der Waals surface area contributed by atoms with Crippen LogP contribution in [0.5, 0.6) is 0 Å². The van der Waals surface area contributed by atoms with Crippen LogP contribution in [-0.4, -0.2) is 132 Å². The van der Waals surface area contributed by atoms with Gasteiger partial charge in [0.15, 0.2) is 0 Å². The number of carboxylic acid groups (broad SMARTS) is 3. The van der Waals surface area contributed by atoms with Gasteiger partial charge in [0.2, 0.25) is 17.1 Å². The van der Waals surface area contributed by atoms with Crippen molar-refractivity contribution in [3.63, 3.8) is 0 Å². The molecule has 6 rings (SSSR count). The molecule has 0 spiro atoms. The molecule has 0 radical (unpaired) electrons. The fourth-order valence-corrected chi connectivity index (χ4v) is 13.6. The van der Waals surface area contributed by atoms with Crippen LogP contribution in [0.3, 0.4) is 0 Å². The average Bonchev–Trinajstić information content (AvgIpc) is 1.79. The SMILES string of the molecule is C.CC(=O)CBr.CC(C)CCC(=O)Cl.CC(C)CCC(=O)N1C(=O)OC(c2ccccc2)C1C.CC(C)CCC(=O)O.CC(C)C[C@H](CN)CC(=O)O.CC1N=C([O-])OC1c1ccccc1.CCC(CC)CC(C)C.CC[C@@H](CN=[N+]=[N-])CC(C)C.CC[C@@H](CO)CC(C)C.CC[C@H](CC(C)C)C(=O)N1C(=O)OC(c2ccccc2)C1C.CC[C@H](CC(C)C)C(=O)O.[Li+].